The van der Waals surface area contributed by atoms with Crippen LogP contribution in [0.25, 0.3) is 6.08 Å². The second kappa shape index (κ2) is 9.09. The zero-order valence-corrected chi connectivity index (χ0v) is 17.6. The van der Waals surface area contributed by atoms with Crippen LogP contribution in [0.2, 0.25) is 4.34 Å². The molecule has 0 saturated carbocycles. The number of hydrogen-bond acceptors (Lipinski definition) is 4. The van der Waals surface area contributed by atoms with Crippen LogP contribution in [0.15, 0.2) is 54.6 Å². The van der Waals surface area contributed by atoms with Crippen molar-refractivity contribution in [3.05, 3.63) is 86.1 Å². The first-order chi connectivity index (χ1) is 13.5. The third-order valence-corrected chi connectivity index (χ3v) is 5.57. The average molecular weight is 413 g/mol. The summed E-state index contributed by atoms with van der Waals surface area (Å²) in [6.45, 7) is 4.44. The second-order valence-corrected chi connectivity index (χ2v) is 8.10. The molecule has 144 valence electrons. The van der Waals surface area contributed by atoms with E-state index in [4.69, 9.17) is 21.1 Å². The van der Waals surface area contributed by atoms with E-state index < -0.39 is 0 Å². The highest BCUT2D eigenvalue weighted by molar-refractivity contribution is 7.18. The molecule has 1 heterocycles. The van der Waals surface area contributed by atoms with Crippen molar-refractivity contribution >= 4 is 34.8 Å². The van der Waals surface area contributed by atoms with Crippen LogP contribution >= 0.6 is 22.9 Å². The summed E-state index contributed by atoms with van der Waals surface area (Å²) in [4.78, 5) is 12.9. The molecule has 0 unspecified atom stereocenters. The van der Waals surface area contributed by atoms with Crippen molar-refractivity contribution in [2.75, 3.05) is 7.11 Å². The first-order valence-corrected chi connectivity index (χ1v) is 10.0. The van der Waals surface area contributed by atoms with Gasteiger partial charge in [0.05, 0.1) is 16.3 Å². The summed E-state index contributed by atoms with van der Waals surface area (Å²) in [6, 6.07) is 15.3. The summed E-state index contributed by atoms with van der Waals surface area (Å²) < 4.78 is 12.1. The lowest BCUT2D eigenvalue weighted by Crippen LogP contribution is -2.01. The van der Waals surface area contributed by atoms with Gasteiger partial charge in [0, 0.05) is 5.56 Å². The molecule has 3 aromatic rings. The molecular formula is C23H21ClO3S. The molecule has 0 bridgehead atoms. The fourth-order valence-electron chi connectivity index (χ4n) is 2.89. The predicted molar refractivity (Wildman–Crippen MR) is 116 cm³/mol. The normalized spacial score (nSPS) is 11.0. The third kappa shape index (κ3) is 4.83. The van der Waals surface area contributed by atoms with Crippen LogP contribution in [0.4, 0.5) is 0 Å². The van der Waals surface area contributed by atoms with Gasteiger partial charge in [0.2, 0.25) is 0 Å². The number of methoxy groups -OCH3 is 1. The maximum atomic E-state index is 12.2. The van der Waals surface area contributed by atoms with Crippen molar-refractivity contribution in [1.29, 1.82) is 0 Å². The molecule has 0 fully saturated rings. The molecule has 0 amide bonds. The lowest BCUT2D eigenvalue weighted by atomic mass is 10.1. The zero-order valence-electron chi connectivity index (χ0n) is 16.0. The Labute approximate surface area is 174 Å². The van der Waals surface area contributed by atoms with Crippen molar-refractivity contribution in [3.8, 4) is 11.5 Å². The summed E-state index contributed by atoms with van der Waals surface area (Å²) >= 11 is 7.17. The van der Waals surface area contributed by atoms with Crippen LogP contribution < -0.4 is 9.47 Å². The van der Waals surface area contributed by atoms with Crippen LogP contribution in [0.1, 0.15) is 31.9 Å². The van der Waals surface area contributed by atoms with Crippen molar-refractivity contribution in [3.63, 3.8) is 0 Å². The molecule has 0 aliphatic heterocycles. The number of allylic oxidation sites excluding steroid dienone is 1. The van der Waals surface area contributed by atoms with Gasteiger partial charge in [0.25, 0.3) is 0 Å². The number of ether oxygens (including phenoxy) is 2. The molecule has 3 rings (SSSR count). The molecule has 2 aromatic carbocycles. The van der Waals surface area contributed by atoms with Gasteiger partial charge >= 0.3 is 0 Å². The average Bonchev–Trinajstić information content (AvgIpc) is 3.12. The van der Waals surface area contributed by atoms with Gasteiger partial charge in [-0.15, -0.1) is 11.3 Å². The second-order valence-electron chi connectivity index (χ2n) is 6.38. The summed E-state index contributed by atoms with van der Waals surface area (Å²) in [7, 11) is 1.64. The van der Waals surface area contributed by atoms with Gasteiger partial charge in [-0.3, -0.25) is 4.79 Å². The van der Waals surface area contributed by atoms with Crippen molar-refractivity contribution in [2.24, 2.45) is 0 Å². The highest BCUT2D eigenvalue weighted by Gasteiger charge is 2.09. The maximum Gasteiger partial charge on any atom is 0.195 e. The smallest absolute Gasteiger partial charge is 0.195 e. The number of halogens is 1. The summed E-state index contributed by atoms with van der Waals surface area (Å²) in [6.07, 6.45) is 3.35. The molecule has 0 spiro atoms. The van der Waals surface area contributed by atoms with E-state index in [1.807, 2.05) is 50.2 Å². The van der Waals surface area contributed by atoms with E-state index in [1.54, 1.807) is 31.4 Å². The molecule has 0 saturated heterocycles. The number of carbonyl (C=O) groups excluding carboxylic acids is 1. The first kappa shape index (κ1) is 20.2. The van der Waals surface area contributed by atoms with Crippen LogP contribution in [-0.4, -0.2) is 12.9 Å². The predicted octanol–water partition coefficient (Wildman–Crippen LogP) is 6.50. The Bertz CT molecular complexity index is 1000. The minimum absolute atomic E-state index is 0.0685. The number of thiophene rings is 1. The van der Waals surface area contributed by atoms with Crippen LogP contribution in [-0.2, 0) is 6.61 Å². The number of ketones is 1. The Morgan fingerprint density at radius 2 is 1.86 bits per heavy atom. The Balaban J connectivity index is 1.78. The van der Waals surface area contributed by atoms with E-state index in [-0.39, 0.29) is 5.78 Å². The lowest BCUT2D eigenvalue weighted by molar-refractivity contribution is 0.105. The topological polar surface area (TPSA) is 35.5 Å². The van der Waals surface area contributed by atoms with E-state index in [2.05, 4.69) is 0 Å². The van der Waals surface area contributed by atoms with Gasteiger partial charge in [0.15, 0.2) is 5.78 Å². The Morgan fingerprint density at radius 3 is 2.50 bits per heavy atom. The van der Waals surface area contributed by atoms with Crippen LogP contribution in [0, 0.1) is 13.8 Å². The van der Waals surface area contributed by atoms with Crippen molar-refractivity contribution < 1.29 is 14.3 Å². The molecule has 1 aromatic heterocycles. The number of aryl methyl sites for hydroxylation is 2. The Hall–Kier alpha value is -2.56. The summed E-state index contributed by atoms with van der Waals surface area (Å²) in [5.74, 6) is 1.57. The highest BCUT2D eigenvalue weighted by atomic mass is 35.5. The maximum absolute atomic E-state index is 12.2. The van der Waals surface area contributed by atoms with E-state index >= 15 is 0 Å². The van der Waals surface area contributed by atoms with E-state index in [0.29, 0.717) is 15.8 Å². The monoisotopic (exact) mass is 412 g/mol. The number of para-hydroxylation sites is 1. The number of carbonyl (C=O) groups is 1. The largest absolute Gasteiger partial charge is 0.496 e. The fraction of sp³-hybridized carbons (Fsp3) is 0.174. The lowest BCUT2D eigenvalue weighted by Gasteiger charge is -2.14. The molecule has 0 aliphatic carbocycles. The Kier molecular flexibility index (Phi) is 6.55. The third-order valence-electron chi connectivity index (χ3n) is 4.33. The minimum Gasteiger partial charge on any atom is -0.496 e. The van der Waals surface area contributed by atoms with Gasteiger partial charge in [-0.05, 0) is 60.9 Å². The number of hydrogen-bond donors (Lipinski definition) is 0. The van der Waals surface area contributed by atoms with Gasteiger partial charge in [-0.25, -0.2) is 0 Å². The van der Waals surface area contributed by atoms with Gasteiger partial charge in [-0.2, -0.15) is 0 Å². The van der Waals surface area contributed by atoms with Crippen molar-refractivity contribution in [1.82, 2.24) is 0 Å². The van der Waals surface area contributed by atoms with E-state index in [1.165, 1.54) is 11.3 Å². The summed E-state index contributed by atoms with van der Waals surface area (Å²) in [5.41, 5.74) is 4.00. The van der Waals surface area contributed by atoms with Crippen molar-refractivity contribution in [2.45, 2.75) is 20.5 Å². The molecular weight excluding hydrogens is 392 g/mol. The summed E-state index contributed by atoms with van der Waals surface area (Å²) in [5, 5.41) is 0. The van der Waals surface area contributed by atoms with Crippen LogP contribution in [0.5, 0.6) is 11.5 Å². The van der Waals surface area contributed by atoms with E-state index in [9.17, 15) is 4.79 Å². The molecule has 0 radical (unpaired) electrons. The minimum atomic E-state index is -0.0685. The van der Waals surface area contributed by atoms with Gasteiger partial charge in [0.1, 0.15) is 18.1 Å². The number of benzene rings is 2. The van der Waals surface area contributed by atoms with Gasteiger partial charge in [-0.1, -0.05) is 41.9 Å². The van der Waals surface area contributed by atoms with E-state index in [0.717, 1.165) is 33.8 Å². The van der Waals surface area contributed by atoms with Gasteiger partial charge < -0.3 is 9.47 Å². The first-order valence-electron chi connectivity index (χ1n) is 8.81. The fourth-order valence-corrected chi connectivity index (χ4v) is 3.86. The zero-order chi connectivity index (χ0) is 20.1. The highest BCUT2D eigenvalue weighted by Crippen LogP contribution is 2.27. The number of rotatable bonds is 7. The molecule has 28 heavy (non-hydrogen) atoms. The Morgan fingerprint density at radius 1 is 1.11 bits per heavy atom. The molecule has 3 nitrogen and oxygen atoms in total. The molecule has 0 aliphatic rings. The molecule has 5 heteroatoms. The standard InChI is InChI=1S/C23H21ClO3S/c1-15-5-4-6-16(2)23(15)27-14-18-13-17(8-10-20(18)26-3)7-9-19(25)21-11-12-22(24)28-21/h4-13H,14H2,1-3H3/b9-7+. The molecule has 0 atom stereocenters. The van der Waals surface area contributed by atoms with Crippen LogP contribution in [0.3, 0.4) is 0 Å². The molecule has 0 N–H and O–H groups in total. The quantitative estimate of drug-likeness (QED) is 0.328. The SMILES string of the molecule is COc1ccc(/C=C/C(=O)c2ccc(Cl)s2)cc1COc1c(C)cccc1C.